The van der Waals surface area contributed by atoms with Crippen LogP contribution in [0.15, 0.2) is 24.3 Å². The first kappa shape index (κ1) is 19.2. The normalized spacial score (nSPS) is 19.2. The summed E-state index contributed by atoms with van der Waals surface area (Å²) in [5, 5.41) is 3.49. The lowest BCUT2D eigenvalue weighted by atomic mass is 9.99. The minimum atomic E-state index is -3.43. The minimum absolute atomic E-state index is 0.0326. The van der Waals surface area contributed by atoms with Crippen LogP contribution < -0.4 is 5.32 Å². The molecule has 1 N–H and O–H groups in total. The van der Waals surface area contributed by atoms with Gasteiger partial charge in [0.15, 0.2) is 0 Å². The molecule has 1 fully saturated rings. The number of nitrogens with zero attached hydrogens (tertiary/aromatic N) is 1. The number of halogens is 1. The zero-order valence-electron chi connectivity index (χ0n) is 14.0. The Morgan fingerprint density at radius 1 is 1.33 bits per heavy atom. The monoisotopic (exact) mass is 372 g/mol. The van der Waals surface area contributed by atoms with Gasteiger partial charge in [-0.3, -0.25) is 4.79 Å². The van der Waals surface area contributed by atoms with Crippen LogP contribution in [0.2, 0.25) is 5.02 Å². The maximum atomic E-state index is 12.6. The van der Waals surface area contributed by atoms with E-state index < -0.39 is 10.0 Å². The van der Waals surface area contributed by atoms with Crippen molar-refractivity contribution in [2.75, 3.05) is 19.6 Å². The summed E-state index contributed by atoms with van der Waals surface area (Å²) in [5.74, 6) is -0.348. The number of sulfonamides is 1. The highest BCUT2D eigenvalue weighted by molar-refractivity contribution is 7.88. The van der Waals surface area contributed by atoms with E-state index in [1.54, 1.807) is 24.3 Å². The van der Waals surface area contributed by atoms with Gasteiger partial charge >= 0.3 is 0 Å². The van der Waals surface area contributed by atoms with Crippen molar-refractivity contribution in [2.45, 2.75) is 38.4 Å². The first-order valence-electron chi connectivity index (χ1n) is 8.42. The van der Waals surface area contributed by atoms with E-state index in [0.29, 0.717) is 30.1 Å². The molecule has 0 saturated carbocycles. The van der Waals surface area contributed by atoms with E-state index in [4.69, 9.17) is 11.6 Å². The minimum Gasteiger partial charge on any atom is -0.356 e. The molecule has 134 valence electrons. The van der Waals surface area contributed by atoms with E-state index >= 15 is 0 Å². The van der Waals surface area contributed by atoms with Gasteiger partial charge in [0, 0.05) is 24.7 Å². The maximum absolute atomic E-state index is 12.6. The van der Waals surface area contributed by atoms with Crippen LogP contribution in [0.3, 0.4) is 0 Å². The van der Waals surface area contributed by atoms with Crippen molar-refractivity contribution in [1.82, 2.24) is 9.62 Å². The van der Waals surface area contributed by atoms with E-state index in [2.05, 4.69) is 12.2 Å². The lowest BCUT2D eigenvalue weighted by molar-refractivity contribution is -0.126. The first-order chi connectivity index (χ1) is 11.4. The van der Waals surface area contributed by atoms with Gasteiger partial charge in [0.05, 0.1) is 11.7 Å². The molecule has 0 aliphatic carbocycles. The highest BCUT2D eigenvalue weighted by atomic mass is 35.5. The molecular formula is C17H25ClN2O3S. The van der Waals surface area contributed by atoms with Crippen LogP contribution in [-0.2, 0) is 20.6 Å². The molecule has 7 heteroatoms. The van der Waals surface area contributed by atoms with Crippen molar-refractivity contribution in [2.24, 2.45) is 5.92 Å². The van der Waals surface area contributed by atoms with Crippen LogP contribution in [0.5, 0.6) is 0 Å². The number of benzene rings is 1. The molecule has 1 aromatic rings. The molecule has 1 aromatic carbocycles. The lowest BCUT2D eigenvalue weighted by Gasteiger charge is -2.31. The second-order valence-electron chi connectivity index (χ2n) is 6.22. The highest BCUT2D eigenvalue weighted by Crippen LogP contribution is 2.22. The van der Waals surface area contributed by atoms with Crippen molar-refractivity contribution < 1.29 is 13.2 Å². The summed E-state index contributed by atoms with van der Waals surface area (Å²) in [6, 6.07) is 6.82. The molecule has 0 radical (unpaired) electrons. The van der Waals surface area contributed by atoms with Crippen molar-refractivity contribution in [3.8, 4) is 0 Å². The number of unbranched alkanes of at least 4 members (excludes halogenated alkanes) is 1. The Morgan fingerprint density at radius 3 is 2.71 bits per heavy atom. The summed E-state index contributed by atoms with van der Waals surface area (Å²) in [7, 11) is -3.43. The molecule has 1 aliphatic rings. The number of carbonyl (C=O) groups excluding carboxylic acids is 1. The molecule has 0 spiro atoms. The summed E-state index contributed by atoms with van der Waals surface area (Å²) in [6.07, 6.45) is 3.42. The molecule has 1 unspecified atom stereocenters. The molecule has 24 heavy (non-hydrogen) atoms. The number of amides is 1. The molecule has 1 heterocycles. The molecule has 0 bridgehead atoms. The summed E-state index contributed by atoms with van der Waals surface area (Å²) in [6.45, 7) is 3.48. The Morgan fingerprint density at radius 2 is 2.04 bits per heavy atom. The number of nitrogens with one attached hydrogen (secondary N) is 1. The summed E-state index contributed by atoms with van der Waals surface area (Å²) < 4.78 is 26.7. The van der Waals surface area contributed by atoms with Crippen molar-refractivity contribution >= 4 is 27.5 Å². The standard InChI is InChI=1S/C17H25ClN2O3S/c1-2-3-10-19-17(21)15-5-4-11-20(12-15)24(22,23)13-14-6-8-16(18)9-7-14/h6-9,15H,2-5,10-13H2,1H3,(H,19,21). The predicted molar refractivity (Wildman–Crippen MR) is 96.3 cm³/mol. The van der Waals surface area contributed by atoms with Gasteiger partial charge in [-0.25, -0.2) is 12.7 Å². The molecule has 0 aromatic heterocycles. The van der Waals surface area contributed by atoms with Gasteiger partial charge in [-0.05, 0) is 37.0 Å². The van der Waals surface area contributed by atoms with Gasteiger partial charge in [0.25, 0.3) is 0 Å². The van der Waals surface area contributed by atoms with Crippen molar-refractivity contribution in [3.05, 3.63) is 34.9 Å². The van der Waals surface area contributed by atoms with E-state index in [1.165, 1.54) is 4.31 Å². The fraction of sp³-hybridized carbons (Fsp3) is 0.588. The van der Waals surface area contributed by atoms with Crippen LogP contribution in [0.4, 0.5) is 0 Å². The molecule has 1 saturated heterocycles. The van der Waals surface area contributed by atoms with Crippen LogP contribution in [0, 0.1) is 5.92 Å². The Bertz CT molecular complexity index is 646. The smallest absolute Gasteiger partial charge is 0.224 e. The zero-order chi connectivity index (χ0) is 17.6. The van der Waals surface area contributed by atoms with Gasteiger partial charge < -0.3 is 5.32 Å². The number of rotatable bonds is 7. The van der Waals surface area contributed by atoms with E-state index in [1.807, 2.05) is 0 Å². The van der Waals surface area contributed by atoms with Crippen LogP contribution in [0.1, 0.15) is 38.2 Å². The number of carbonyl (C=O) groups is 1. The highest BCUT2D eigenvalue weighted by Gasteiger charge is 2.32. The van der Waals surface area contributed by atoms with E-state index in [9.17, 15) is 13.2 Å². The van der Waals surface area contributed by atoms with E-state index in [0.717, 1.165) is 19.3 Å². The van der Waals surface area contributed by atoms with E-state index in [-0.39, 0.29) is 24.1 Å². The van der Waals surface area contributed by atoms with Crippen LogP contribution in [-0.4, -0.2) is 38.3 Å². The predicted octanol–water partition coefficient (Wildman–Crippen LogP) is 2.80. The molecule has 5 nitrogen and oxygen atoms in total. The second kappa shape index (κ2) is 8.83. The topological polar surface area (TPSA) is 66.5 Å². The lowest BCUT2D eigenvalue weighted by Crippen LogP contribution is -2.45. The molecule has 2 rings (SSSR count). The van der Waals surface area contributed by atoms with Gasteiger partial charge in [-0.15, -0.1) is 0 Å². The third-order valence-corrected chi connectivity index (χ3v) is 6.31. The average molecular weight is 373 g/mol. The van der Waals surface area contributed by atoms with Crippen molar-refractivity contribution in [1.29, 1.82) is 0 Å². The Hall–Kier alpha value is -1.11. The first-order valence-corrected chi connectivity index (χ1v) is 10.4. The second-order valence-corrected chi connectivity index (χ2v) is 8.63. The largest absolute Gasteiger partial charge is 0.356 e. The number of hydrogen-bond acceptors (Lipinski definition) is 3. The third kappa shape index (κ3) is 5.46. The van der Waals surface area contributed by atoms with Crippen LogP contribution in [0.25, 0.3) is 0 Å². The number of hydrogen-bond donors (Lipinski definition) is 1. The van der Waals surface area contributed by atoms with Gasteiger partial charge in [-0.2, -0.15) is 0 Å². The van der Waals surface area contributed by atoms with Crippen molar-refractivity contribution in [3.63, 3.8) is 0 Å². The SMILES string of the molecule is CCCCNC(=O)C1CCCN(S(=O)(=O)Cc2ccc(Cl)cc2)C1. The Labute approximate surface area is 149 Å². The molecule has 1 aliphatic heterocycles. The Kier molecular flexibility index (Phi) is 7.07. The Balaban J connectivity index is 1.97. The molecule has 1 amide bonds. The summed E-state index contributed by atoms with van der Waals surface area (Å²) in [4.78, 5) is 12.2. The summed E-state index contributed by atoms with van der Waals surface area (Å²) in [5.41, 5.74) is 0.703. The fourth-order valence-electron chi connectivity index (χ4n) is 2.82. The maximum Gasteiger partial charge on any atom is 0.224 e. The fourth-order valence-corrected chi connectivity index (χ4v) is 4.56. The van der Waals surface area contributed by atoms with Gasteiger partial charge in [0.1, 0.15) is 0 Å². The number of piperidine rings is 1. The molecular weight excluding hydrogens is 348 g/mol. The zero-order valence-corrected chi connectivity index (χ0v) is 15.6. The third-order valence-electron chi connectivity index (χ3n) is 4.24. The summed E-state index contributed by atoms with van der Waals surface area (Å²) >= 11 is 5.83. The molecule has 1 atom stereocenters. The van der Waals surface area contributed by atoms with Crippen LogP contribution >= 0.6 is 11.6 Å². The quantitative estimate of drug-likeness (QED) is 0.748. The van der Waals surface area contributed by atoms with Gasteiger partial charge in [-0.1, -0.05) is 37.1 Å². The van der Waals surface area contributed by atoms with Gasteiger partial charge in [0.2, 0.25) is 15.9 Å². The average Bonchev–Trinajstić information content (AvgIpc) is 2.57.